The van der Waals surface area contributed by atoms with Gasteiger partial charge in [-0.15, -0.1) is 0 Å². The summed E-state index contributed by atoms with van der Waals surface area (Å²) in [6, 6.07) is 15.1. The quantitative estimate of drug-likeness (QED) is 0.591. The Morgan fingerprint density at radius 3 is 2.57 bits per heavy atom. The van der Waals surface area contributed by atoms with Gasteiger partial charge in [0, 0.05) is 43.1 Å². The van der Waals surface area contributed by atoms with Crippen LogP contribution in [0.15, 0.2) is 54.2 Å². The third kappa shape index (κ3) is 4.98. The van der Waals surface area contributed by atoms with Crippen LogP contribution in [0.3, 0.4) is 0 Å². The molecule has 2 aromatic carbocycles. The number of hydrogen-bond donors (Lipinski definition) is 1. The Labute approximate surface area is 174 Å². The Balaban J connectivity index is 1.64. The molecule has 5 nitrogen and oxygen atoms in total. The van der Waals surface area contributed by atoms with Gasteiger partial charge in [-0.05, 0) is 42.8 Å². The lowest BCUT2D eigenvalue weighted by Gasteiger charge is -2.35. The highest BCUT2D eigenvalue weighted by molar-refractivity contribution is 6.35. The molecule has 0 bridgehead atoms. The van der Waals surface area contributed by atoms with E-state index in [1.54, 1.807) is 24.4 Å². The van der Waals surface area contributed by atoms with E-state index < -0.39 is 5.91 Å². The van der Waals surface area contributed by atoms with Gasteiger partial charge in [0.05, 0.1) is 10.7 Å². The Morgan fingerprint density at radius 1 is 1.14 bits per heavy atom. The van der Waals surface area contributed by atoms with Crippen LogP contribution in [0.2, 0.25) is 10.0 Å². The number of nitrogens with one attached hydrogen (secondary N) is 1. The summed E-state index contributed by atoms with van der Waals surface area (Å²) < 4.78 is 0. The van der Waals surface area contributed by atoms with Crippen molar-refractivity contribution >= 4 is 40.5 Å². The number of carbonyl (C=O) groups is 1. The molecule has 1 N–H and O–H groups in total. The van der Waals surface area contributed by atoms with E-state index in [1.807, 2.05) is 11.0 Å². The first kappa shape index (κ1) is 20.1. The highest BCUT2D eigenvalue weighted by atomic mass is 35.5. The first-order valence-electron chi connectivity index (χ1n) is 8.90. The lowest BCUT2D eigenvalue weighted by molar-refractivity contribution is -0.112. The van der Waals surface area contributed by atoms with Crippen molar-refractivity contribution < 1.29 is 4.79 Å². The summed E-state index contributed by atoms with van der Waals surface area (Å²) in [5.41, 5.74) is 2.82. The molecule has 0 radical (unpaired) electrons. The molecule has 0 aromatic heterocycles. The van der Waals surface area contributed by atoms with Crippen LogP contribution < -0.4 is 10.2 Å². The summed E-state index contributed by atoms with van der Waals surface area (Å²) in [6.45, 7) is 5.17. The summed E-state index contributed by atoms with van der Waals surface area (Å²) in [5.74, 6) is -0.507. The predicted molar refractivity (Wildman–Crippen MR) is 114 cm³/mol. The van der Waals surface area contributed by atoms with Crippen LogP contribution >= 0.6 is 23.2 Å². The smallest absolute Gasteiger partial charge is 0.267 e. The molecule has 1 saturated heterocycles. The number of anilines is 2. The van der Waals surface area contributed by atoms with Gasteiger partial charge in [-0.1, -0.05) is 35.3 Å². The number of hydrogen-bond acceptors (Lipinski definition) is 4. The second-order valence-electron chi connectivity index (χ2n) is 6.59. The third-order valence-corrected chi connectivity index (χ3v) is 5.10. The SMILES string of the molecule is Cc1cccc(N2CCN(/C=C(/C#N)C(=O)Nc3cc(Cl)ccc3Cl)CC2)c1. The Hall–Kier alpha value is -2.68. The van der Waals surface area contributed by atoms with E-state index in [2.05, 4.69) is 41.4 Å². The van der Waals surface area contributed by atoms with E-state index >= 15 is 0 Å². The van der Waals surface area contributed by atoms with Gasteiger partial charge in [-0.2, -0.15) is 5.26 Å². The Morgan fingerprint density at radius 2 is 1.89 bits per heavy atom. The fourth-order valence-electron chi connectivity index (χ4n) is 3.04. The molecule has 0 spiro atoms. The van der Waals surface area contributed by atoms with E-state index in [0.717, 1.165) is 26.2 Å². The highest BCUT2D eigenvalue weighted by Crippen LogP contribution is 2.26. The van der Waals surface area contributed by atoms with Crippen LogP contribution in [0.25, 0.3) is 0 Å². The maximum Gasteiger partial charge on any atom is 0.267 e. The number of rotatable bonds is 4. The fourth-order valence-corrected chi connectivity index (χ4v) is 3.37. The van der Waals surface area contributed by atoms with Crippen LogP contribution in [-0.4, -0.2) is 37.0 Å². The standard InChI is InChI=1S/C21H20Cl2N4O/c1-15-3-2-4-18(11-15)27-9-7-26(8-10-27)14-16(13-24)21(28)25-20-12-17(22)5-6-19(20)23/h2-6,11-12,14H,7-10H2,1H3,(H,25,28)/b16-14-. The summed E-state index contributed by atoms with van der Waals surface area (Å²) in [5, 5.41) is 12.9. The summed E-state index contributed by atoms with van der Waals surface area (Å²) in [7, 11) is 0. The molecule has 28 heavy (non-hydrogen) atoms. The van der Waals surface area contributed by atoms with Crippen LogP contribution in [0, 0.1) is 18.3 Å². The first-order valence-corrected chi connectivity index (χ1v) is 9.66. The van der Waals surface area contributed by atoms with E-state index in [1.165, 1.54) is 11.3 Å². The highest BCUT2D eigenvalue weighted by Gasteiger charge is 2.18. The zero-order valence-electron chi connectivity index (χ0n) is 15.5. The van der Waals surface area contributed by atoms with Gasteiger partial charge in [-0.25, -0.2) is 0 Å². The number of amides is 1. The van der Waals surface area contributed by atoms with Crippen LogP contribution in [-0.2, 0) is 4.79 Å². The van der Waals surface area contributed by atoms with Gasteiger partial charge in [0.2, 0.25) is 0 Å². The van der Waals surface area contributed by atoms with Crippen molar-refractivity contribution in [3.63, 3.8) is 0 Å². The molecule has 1 aliphatic heterocycles. The minimum atomic E-state index is -0.507. The van der Waals surface area contributed by atoms with Crippen molar-refractivity contribution in [3.05, 3.63) is 69.8 Å². The van der Waals surface area contributed by atoms with Gasteiger partial charge < -0.3 is 15.1 Å². The zero-order valence-corrected chi connectivity index (χ0v) is 17.0. The van der Waals surface area contributed by atoms with E-state index in [9.17, 15) is 10.1 Å². The van der Waals surface area contributed by atoms with Crippen molar-refractivity contribution in [3.8, 4) is 6.07 Å². The first-order chi connectivity index (χ1) is 13.5. The average Bonchev–Trinajstić information content (AvgIpc) is 2.69. The second kappa shape index (κ2) is 9.01. The molecule has 0 atom stereocenters. The number of halogens is 2. The van der Waals surface area contributed by atoms with Crippen LogP contribution in [0.1, 0.15) is 5.56 Å². The normalized spacial score (nSPS) is 14.6. The Kier molecular flexibility index (Phi) is 6.45. The molecule has 0 aliphatic carbocycles. The van der Waals surface area contributed by atoms with E-state index in [4.69, 9.17) is 23.2 Å². The summed E-state index contributed by atoms with van der Waals surface area (Å²) in [4.78, 5) is 16.8. The molecule has 3 rings (SSSR count). The molecule has 7 heteroatoms. The number of carbonyl (C=O) groups excluding carboxylic acids is 1. The molecule has 1 fully saturated rings. The minimum Gasteiger partial charge on any atom is -0.373 e. The average molecular weight is 415 g/mol. The fraction of sp³-hybridized carbons (Fsp3) is 0.238. The van der Waals surface area contributed by atoms with Crippen molar-refractivity contribution in [2.75, 3.05) is 36.4 Å². The van der Waals surface area contributed by atoms with E-state index in [-0.39, 0.29) is 5.57 Å². The molecule has 2 aromatic rings. The predicted octanol–water partition coefficient (Wildman–Crippen LogP) is 4.47. The lowest BCUT2D eigenvalue weighted by atomic mass is 10.2. The van der Waals surface area contributed by atoms with E-state index in [0.29, 0.717) is 15.7 Å². The molecule has 1 amide bonds. The number of nitriles is 1. The van der Waals surface area contributed by atoms with Crippen molar-refractivity contribution in [1.29, 1.82) is 5.26 Å². The minimum absolute atomic E-state index is 0.0278. The molecule has 144 valence electrons. The number of piperazine rings is 1. The van der Waals surface area contributed by atoms with Gasteiger partial charge in [0.15, 0.2) is 0 Å². The van der Waals surface area contributed by atoms with Gasteiger partial charge >= 0.3 is 0 Å². The van der Waals surface area contributed by atoms with Crippen molar-refractivity contribution in [1.82, 2.24) is 4.90 Å². The topological polar surface area (TPSA) is 59.4 Å². The zero-order chi connectivity index (χ0) is 20.1. The second-order valence-corrected chi connectivity index (χ2v) is 7.44. The summed E-state index contributed by atoms with van der Waals surface area (Å²) >= 11 is 12.0. The van der Waals surface area contributed by atoms with Gasteiger partial charge in [-0.3, -0.25) is 4.79 Å². The monoisotopic (exact) mass is 414 g/mol. The maximum absolute atomic E-state index is 12.5. The third-order valence-electron chi connectivity index (χ3n) is 4.53. The van der Waals surface area contributed by atoms with Crippen molar-refractivity contribution in [2.24, 2.45) is 0 Å². The number of aryl methyl sites for hydroxylation is 1. The van der Waals surface area contributed by atoms with Gasteiger partial charge in [0.25, 0.3) is 5.91 Å². The van der Waals surface area contributed by atoms with Gasteiger partial charge in [0.1, 0.15) is 11.6 Å². The largest absolute Gasteiger partial charge is 0.373 e. The summed E-state index contributed by atoms with van der Waals surface area (Å²) in [6.07, 6.45) is 1.61. The lowest BCUT2D eigenvalue weighted by Crippen LogP contribution is -2.44. The van der Waals surface area contributed by atoms with Crippen LogP contribution in [0.4, 0.5) is 11.4 Å². The molecule has 0 saturated carbocycles. The number of benzene rings is 2. The molecule has 0 unspecified atom stereocenters. The molecule has 1 aliphatic rings. The maximum atomic E-state index is 12.5. The molecule has 1 heterocycles. The Bertz CT molecular complexity index is 944. The molecular formula is C21H20Cl2N4O. The van der Waals surface area contributed by atoms with Crippen LogP contribution in [0.5, 0.6) is 0 Å². The number of nitrogens with zero attached hydrogens (tertiary/aromatic N) is 3. The molecular weight excluding hydrogens is 395 g/mol. The van der Waals surface area contributed by atoms with Crippen molar-refractivity contribution in [2.45, 2.75) is 6.92 Å².